The first-order valence-electron chi connectivity index (χ1n) is 3.03. The van der Waals surface area contributed by atoms with Gasteiger partial charge in [0.1, 0.15) is 0 Å². The van der Waals surface area contributed by atoms with E-state index in [0.717, 1.165) is 4.47 Å². The fourth-order valence-electron chi connectivity index (χ4n) is 0.910. The molecule has 0 atom stereocenters. The average Bonchev–Trinajstić information content (AvgIpc) is 2.42. The molecule has 0 aliphatic heterocycles. The zero-order valence-corrected chi connectivity index (χ0v) is 8.79. The summed E-state index contributed by atoms with van der Waals surface area (Å²) in [6.45, 7) is 0. The van der Waals surface area contributed by atoms with Gasteiger partial charge in [-0.2, -0.15) is 0 Å². The second kappa shape index (κ2) is 2.70. The monoisotopic (exact) mass is 292 g/mol. The van der Waals surface area contributed by atoms with Crippen molar-refractivity contribution in [3.8, 4) is 0 Å². The smallest absolute Gasteiger partial charge is 0.263 e. The van der Waals surface area contributed by atoms with Gasteiger partial charge in [-0.25, -0.2) is 0 Å². The van der Waals surface area contributed by atoms with Crippen molar-refractivity contribution in [2.75, 3.05) is 0 Å². The topological polar surface area (TPSA) is 53.0 Å². The van der Waals surface area contributed by atoms with Crippen LogP contribution in [0.1, 0.15) is 0 Å². The average molecular weight is 294 g/mol. The number of rotatable bonds is 0. The van der Waals surface area contributed by atoms with Gasteiger partial charge in [-0.05, 0) is 48.9 Å². The summed E-state index contributed by atoms with van der Waals surface area (Å²) in [5.41, 5.74) is 0.906. The first-order valence-corrected chi connectivity index (χ1v) is 4.62. The minimum Gasteiger partial charge on any atom is -0.359 e. The molecule has 2 aromatic rings. The van der Waals surface area contributed by atoms with Gasteiger partial charge in [-0.3, -0.25) is 4.63 Å². The van der Waals surface area contributed by atoms with E-state index in [-0.39, 0.29) is 0 Å². The van der Waals surface area contributed by atoms with Crippen molar-refractivity contribution in [1.82, 2.24) is 5.16 Å². The molecule has 6 heteroatoms. The standard InChI is InChI=1S/C6H2Br2N2O2/c7-3-1-2-4(8)6-5(3)9-12-10(6)11/h1-2H. The Morgan fingerprint density at radius 2 is 2.00 bits per heavy atom. The van der Waals surface area contributed by atoms with Crippen LogP contribution in [0, 0.1) is 5.21 Å². The van der Waals surface area contributed by atoms with Crippen molar-refractivity contribution >= 4 is 42.9 Å². The van der Waals surface area contributed by atoms with E-state index in [4.69, 9.17) is 0 Å². The highest BCUT2D eigenvalue weighted by molar-refractivity contribution is 9.11. The van der Waals surface area contributed by atoms with Gasteiger partial charge in [0, 0.05) is 5.16 Å². The summed E-state index contributed by atoms with van der Waals surface area (Å²) in [5.74, 6) is 0. The number of benzene rings is 1. The second-order valence-electron chi connectivity index (χ2n) is 2.16. The normalized spacial score (nSPS) is 10.8. The van der Waals surface area contributed by atoms with Crippen LogP contribution in [-0.4, -0.2) is 5.16 Å². The lowest BCUT2D eigenvalue weighted by atomic mass is 10.3. The summed E-state index contributed by atoms with van der Waals surface area (Å²) in [6.07, 6.45) is 0. The highest BCUT2D eigenvalue weighted by atomic mass is 79.9. The van der Waals surface area contributed by atoms with Crippen molar-refractivity contribution in [3.05, 3.63) is 26.3 Å². The van der Waals surface area contributed by atoms with Crippen LogP contribution >= 0.6 is 31.9 Å². The van der Waals surface area contributed by atoms with Gasteiger partial charge in [0.25, 0.3) is 5.52 Å². The van der Waals surface area contributed by atoms with Gasteiger partial charge < -0.3 is 5.21 Å². The lowest BCUT2D eigenvalue weighted by Gasteiger charge is -1.90. The van der Waals surface area contributed by atoms with Gasteiger partial charge in [0.15, 0.2) is 0 Å². The predicted molar refractivity (Wildman–Crippen MR) is 48.4 cm³/mol. The molecule has 0 unspecified atom stereocenters. The van der Waals surface area contributed by atoms with E-state index in [2.05, 4.69) is 41.6 Å². The third-order valence-corrected chi connectivity index (χ3v) is 2.72. The highest BCUT2D eigenvalue weighted by Crippen LogP contribution is 2.26. The molecule has 0 bridgehead atoms. The van der Waals surface area contributed by atoms with Crippen LogP contribution in [-0.2, 0) is 0 Å². The Hall–Kier alpha value is -0.620. The Labute approximate surface area is 83.9 Å². The van der Waals surface area contributed by atoms with Crippen molar-refractivity contribution in [2.45, 2.75) is 0 Å². The number of halogens is 2. The number of aromatic nitrogens is 2. The highest BCUT2D eigenvalue weighted by Gasteiger charge is 2.15. The molecule has 12 heavy (non-hydrogen) atoms. The zero-order chi connectivity index (χ0) is 8.72. The quantitative estimate of drug-likeness (QED) is 0.698. The van der Waals surface area contributed by atoms with Crippen LogP contribution < -0.4 is 4.90 Å². The maximum Gasteiger partial charge on any atom is 0.263 e. The fourth-order valence-corrected chi connectivity index (χ4v) is 1.77. The summed E-state index contributed by atoms with van der Waals surface area (Å²) >= 11 is 6.47. The zero-order valence-electron chi connectivity index (χ0n) is 5.62. The summed E-state index contributed by atoms with van der Waals surface area (Å²) in [7, 11) is 0. The molecule has 62 valence electrons. The van der Waals surface area contributed by atoms with E-state index in [1.807, 2.05) is 0 Å². The molecule has 1 heterocycles. The molecular weight excluding hydrogens is 292 g/mol. The Morgan fingerprint density at radius 3 is 2.67 bits per heavy atom. The van der Waals surface area contributed by atoms with Gasteiger partial charge in [-0.15, -0.1) is 0 Å². The first-order chi connectivity index (χ1) is 5.70. The molecule has 0 saturated heterocycles. The molecule has 0 radical (unpaired) electrons. The first kappa shape index (κ1) is 8.00. The molecule has 0 fully saturated rings. The summed E-state index contributed by atoms with van der Waals surface area (Å²) in [5, 5.41) is 14.6. The lowest BCUT2D eigenvalue weighted by molar-refractivity contribution is -0.782. The van der Waals surface area contributed by atoms with Crippen molar-refractivity contribution in [2.24, 2.45) is 0 Å². The molecule has 4 nitrogen and oxygen atoms in total. The van der Waals surface area contributed by atoms with Crippen LogP contribution in [0.2, 0.25) is 0 Å². The molecule has 0 aliphatic carbocycles. The molecule has 1 aromatic heterocycles. The minimum atomic E-state index is 0.365. The maximum absolute atomic E-state index is 11.0. The van der Waals surface area contributed by atoms with E-state index in [1.54, 1.807) is 12.1 Å². The maximum atomic E-state index is 11.0. The van der Waals surface area contributed by atoms with E-state index in [9.17, 15) is 5.21 Å². The van der Waals surface area contributed by atoms with E-state index in [0.29, 0.717) is 20.4 Å². The molecule has 0 N–H and O–H groups in total. The molecule has 0 amide bonds. The van der Waals surface area contributed by atoms with Gasteiger partial charge in [-0.1, -0.05) is 0 Å². The predicted octanol–water partition coefficient (Wildman–Crippen LogP) is 1.99. The summed E-state index contributed by atoms with van der Waals surface area (Å²) < 4.78 is 5.83. The van der Waals surface area contributed by atoms with Crippen molar-refractivity contribution in [3.63, 3.8) is 0 Å². The SMILES string of the molecule is [O-][n+]1onc2c(Br)ccc(Br)c21. The van der Waals surface area contributed by atoms with Crippen LogP contribution in [0.4, 0.5) is 0 Å². The fraction of sp³-hybridized carbons (Fsp3) is 0. The molecule has 0 aliphatic rings. The molecular formula is C6H2Br2N2O2. The molecule has 2 rings (SSSR count). The minimum absolute atomic E-state index is 0.365. The number of hydrogen-bond acceptors (Lipinski definition) is 3. The Morgan fingerprint density at radius 1 is 1.33 bits per heavy atom. The Bertz CT molecular complexity index is 440. The van der Waals surface area contributed by atoms with Crippen molar-refractivity contribution < 1.29 is 9.53 Å². The third kappa shape index (κ3) is 1.02. The summed E-state index contributed by atoms with van der Waals surface area (Å²) in [6, 6.07) is 3.53. The lowest BCUT2D eigenvalue weighted by Crippen LogP contribution is -2.22. The summed E-state index contributed by atoms with van der Waals surface area (Å²) in [4.78, 5) is 0.365. The molecule has 0 spiro atoms. The molecule has 0 saturated carbocycles. The van der Waals surface area contributed by atoms with E-state index >= 15 is 0 Å². The van der Waals surface area contributed by atoms with Crippen LogP contribution in [0.3, 0.4) is 0 Å². The van der Waals surface area contributed by atoms with E-state index < -0.39 is 0 Å². The van der Waals surface area contributed by atoms with Gasteiger partial charge in [0.05, 0.1) is 8.95 Å². The van der Waals surface area contributed by atoms with Gasteiger partial charge in [0.2, 0.25) is 5.52 Å². The third-order valence-electron chi connectivity index (χ3n) is 1.44. The number of hydrogen-bond donors (Lipinski definition) is 0. The van der Waals surface area contributed by atoms with Gasteiger partial charge >= 0.3 is 0 Å². The van der Waals surface area contributed by atoms with Crippen LogP contribution in [0.5, 0.6) is 0 Å². The number of nitrogens with zero attached hydrogens (tertiary/aromatic N) is 2. The van der Waals surface area contributed by atoms with E-state index in [1.165, 1.54) is 0 Å². The van der Waals surface area contributed by atoms with Crippen LogP contribution in [0.15, 0.2) is 25.7 Å². The van der Waals surface area contributed by atoms with Crippen molar-refractivity contribution in [1.29, 1.82) is 0 Å². The Balaban J connectivity index is 2.98. The molecule has 1 aromatic carbocycles. The largest absolute Gasteiger partial charge is 0.359 e. The second-order valence-corrected chi connectivity index (χ2v) is 3.87. The van der Waals surface area contributed by atoms with Crippen LogP contribution in [0.25, 0.3) is 11.0 Å². The number of fused-ring (bicyclic) bond motifs is 1. The Kier molecular flexibility index (Phi) is 1.80.